The fraction of sp³-hybridized carbons (Fsp3) is 0.333. The van der Waals surface area contributed by atoms with Crippen LogP contribution in [0.5, 0.6) is 5.75 Å². The molecular formula is C21H23F3N2O3. The van der Waals surface area contributed by atoms with Gasteiger partial charge in [0.1, 0.15) is 11.8 Å². The first-order valence-corrected chi connectivity index (χ1v) is 9.12. The minimum atomic E-state index is -4.55. The van der Waals surface area contributed by atoms with Crippen molar-refractivity contribution in [1.29, 1.82) is 0 Å². The highest BCUT2D eigenvalue weighted by Crippen LogP contribution is 2.24. The molecule has 2 aromatic carbocycles. The molecule has 5 nitrogen and oxygen atoms in total. The molecule has 0 unspecified atom stereocenters. The Balaban J connectivity index is 1.84. The molecule has 0 saturated carbocycles. The lowest BCUT2D eigenvalue weighted by Gasteiger charge is -2.22. The van der Waals surface area contributed by atoms with Crippen molar-refractivity contribution in [1.82, 2.24) is 10.6 Å². The quantitative estimate of drug-likeness (QED) is 0.668. The second-order valence-electron chi connectivity index (χ2n) is 6.39. The topological polar surface area (TPSA) is 67.4 Å². The molecule has 0 spiro atoms. The van der Waals surface area contributed by atoms with Crippen LogP contribution in [0.4, 0.5) is 13.2 Å². The maximum Gasteiger partial charge on any atom is 0.408 e. The molecule has 8 heteroatoms. The summed E-state index contributed by atoms with van der Waals surface area (Å²) < 4.78 is 44.8. The number of rotatable bonds is 9. The lowest BCUT2D eigenvalue weighted by Crippen LogP contribution is -2.46. The summed E-state index contributed by atoms with van der Waals surface area (Å²) in [6.45, 7) is -0.0913. The Morgan fingerprint density at radius 2 is 1.69 bits per heavy atom. The van der Waals surface area contributed by atoms with Crippen LogP contribution < -0.4 is 15.4 Å². The van der Waals surface area contributed by atoms with E-state index in [2.05, 4.69) is 5.32 Å². The maximum atomic E-state index is 13.2. The number of aryl methyl sites for hydroxylation is 1. The molecule has 1 atom stereocenters. The van der Waals surface area contributed by atoms with E-state index < -0.39 is 24.0 Å². The third-order valence-electron chi connectivity index (χ3n) is 4.28. The van der Waals surface area contributed by atoms with Gasteiger partial charge in [-0.3, -0.25) is 9.59 Å². The van der Waals surface area contributed by atoms with Gasteiger partial charge in [0.25, 0.3) is 5.91 Å². The van der Waals surface area contributed by atoms with Crippen LogP contribution in [0.2, 0.25) is 0 Å². The summed E-state index contributed by atoms with van der Waals surface area (Å²) >= 11 is 0. The first-order valence-electron chi connectivity index (χ1n) is 9.12. The average Bonchev–Trinajstić information content (AvgIpc) is 2.70. The molecule has 0 bridgehead atoms. The Morgan fingerprint density at radius 1 is 1.03 bits per heavy atom. The molecule has 2 aromatic rings. The van der Waals surface area contributed by atoms with Crippen LogP contribution in [0.25, 0.3) is 0 Å². The number of carbonyl (C=O) groups excluding carboxylic acids is 2. The number of ether oxygens (including phenoxy) is 1. The number of hydrogen-bond acceptors (Lipinski definition) is 3. The fourth-order valence-electron chi connectivity index (χ4n) is 2.76. The fourth-order valence-corrected chi connectivity index (χ4v) is 2.76. The number of halogens is 3. The predicted molar refractivity (Wildman–Crippen MR) is 103 cm³/mol. The van der Waals surface area contributed by atoms with Gasteiger partial charge >= 0.3 is 6.18 Å². The van der Waals surface area contributed by atoms with Crippen LogP contribution >= 0.6 is 0 Å². The van der Waals surface area contributed by atoms with Gasteiger partial charge in [-0.1, -0.05) is 42.5 Å². The van der Waals surface area contributed by atoms with Gasteiger partial charge in [0.15, 0.2) is 0 Å². The molecule has 2 rings (SSSR count). The maximum absolute atomic E-state index is 13.2. The smallest absolute Gasteiger partial charge is 0.408 e. The molecular weight excluding hydrogens is 385 g/mol. The van der Waals surface area contributed by atoms with Gasteiger partial charge in [-0.05, 0) is 30.5 Å². The Hall–Kier alpha value is -3.03. The predicted octanol–water partition coefficient (Wildman–Crippen LogP) is 3.50. The molecule has 0 saturated heterocycles. The zero-order chi connectivity index (χ0) is 21.3. The van der Waals surface area contributed by atoms with E-state index in [9.17, 15) is 22.8 Å². The number of nitrogens with one attached hydrogen (secondary N) is 2. The summed E-state index contributed by atoms with van der Waals surface area (Å²) in [5.41, 5.74) is 1.05. The summed E-state index contributed by atoms with van der Waals surface area (Å²) in [5.74, 6) is -0.875. The standard InChI is InChI=1S/C21H23F3N2O3/c1-29-17-10-6-5-9-16(17)20(28)25-14-13-19(27)26-18(21(22,23)24)12-11-15-7-3-2-4-8-15/h2-10,18H,11-14H2,1H3,(H,25,28)(H,26,27)/t18-/m1/s1. The molecule has 156 valence electrons. The van der Waals surface area contributed by atoms with Gasteiger partial charge in [0.2, 0.25) is 5.91 Å². The van der Waals surface area contributed by atoms with Gasteiger partial charge in [0, 0.05) is 13.0 Å². The van der Waals surface area contributed by atoms with Crippen LogP contribution in [0.15, 0.2) is 54.6 Å². The summed E-state index contributed by atoms with van der Waals surface area (Å²) in [6.07, 6.45) is -4.88. The molecule has 29 heavy (non-hydrogen) atoms. The molecule has 2 amide bonds. The van der Waals surface area contributed by atoms with Crippen molar-refractivity contribution in [3.8, 4) is 5.75 Å². The number of para-hydroxylation sites is 1. The molecule has 0 aliphatic carbocycles. The number of amides is 2. The lowest BCUT2D eigenvalue weighted by molar-refractivity contribution is -0.162. The van der Waals surface area contributed by atoms with Crippen LogP contribution in [-0.2, 0) is 11.2 Å². The first kappa shape index (κ1) is 22.3. The Morgan fingerprint density at radius 3 is 2.34 bits per heavy atom. The monoisotopic (exact) mass is 408 g/mol. The van der Waals surface area contributed by atoms with E-state index in [4.69, 9.17) is 4.74 Å². The van der Waals surface area contributed by atoms with Crippen molar-refractivity contribution in [2.45, 2.75) is 31.5 Å². The highest BCUT2D eigenvalue weighted by molar-refractivity contribution is 5.97. The summed E-state index contributed by atoms with van der Waals surface area (Å²) in [4.78, 5) is 24.1. The third-order valence-corrected chi connectivity index (χ3v) is 4.28. The van der Waals surface area contributed by atoms with E-state index >= 15 is 0 Å². The molecule has 0 aromatic heterocycles. The second kappa shape index (κ2) is 10.5. The highest BCUT2D eigenvalue weighted by Gasteiger charge is 2.40. The molecule has 0 aliphatic rings. The van der Waals surface area contributed by atoms with Crippen molar-refractivity contribution in [2.24, 2.45) is 0 Å². The van der Waals surface area contributed by atoms with Gasteiger partial charge in [-0.2, -0.15) is 13.2 Å². The van der Waals surface area contributed by atoms with Gasteiger partial charge in [0.05, 0.1) is 12.7 Å². The van der Waals surface area contributed by atoms with Gasteiger partial charge in [-0.15, -0.1) is 0 Å². The third kappa shape index (κ3) is 7.14. The number of benzene rings is 2. The minimum Gasteiger partial charge on any atom is -0.496 e. The van der Waals surface area contributed by atoms with E-state index in [-0.39, 0.29) is 31.4 Å². The van der Waals surface area contributed by atoms with Crippen LogP contribution in [0, 0.1) is 0 Å². The lowest BCUT2D eigenvalue weighted by atomic mass is 10.0. The Bertz CT molecular complexity index is 810. The van der Waals surface area contributed by atoms with Crippen molar-refractivity contribution in [3.63, 3.8) is 0 Å². The van der Waals surface area contributed by atoms with Crippen molar-refractivity contribution in [2.75, 3.05) is 13.7 Å². The SMILES string of the molecule is COc1ccccc1C(=O)NCCC(=O)N[C@H](CCc1ccccc1)C(F)(F)F. The van der Waals surface area contributed by atoms with Crippen LogP contribution in [0.3, 0.4) is 0 Å². The van der Waals surface area contributed by atoms with E-state index in [0.717, 1.165) is 5.56 Å². The second-order valence-corrected chi connectivity index (χ2v) is 6.39. The number of carbonyl (C=O) groups is 2. The summed E-state index contributed by atoms with van der Waals surface area (Å²) in [6, 6.07) is 13.3. The average molecular weight is 408 g/mol. The number of hydrogen-bond donors (Lipinski definition) is 2. The van der Waals surface area contributed by atoms with Crippen molar-refractivity contribution < 1.29 is 27.5 Å². The van der Waals surface area contributed by atoms with Crippen molar-refractivity contribution >= 4 is 11.8 Å². The van der Waals surface area contributed by atoms with Crippen molar-refractivity contribution in [3.05, 3.63) is 65.7 Å². The molecule has 2 N–H and O–H groups in total. The normalized spacial score (nSPS) is 12.1. The number of methoxy groups -OCH3 is 1. The zero-order valence-electron chi connectivity index (χ0n) is 16.0. The van der Waals surface area contributed by atoms with E-state index in [1.807, 2.05) is 5.32 Å². The number of alkyl halides is 3. The van der Waals surface area contributed by atoms with Gasteiger partial charge < -0.3 is 15.4 Å². The Kier molecular flexibility index (Phi) is 8.06. The largest absolute Gasteiger partial charge is 0.496 e. The van der Waals surface area contributed by atoms with E-state index in [1.165, 1.54) is 7.11 Å². The molecule has 0 radical (unpaired) electrons. The van der Waals surface area contributed by atoms with Gasteiger partial charge in [-0.25, -0.2) is 0 Å². The zero-order valence-corrected chi connectivity index (χ0v) is 16.0. The molecule has 0 aliphatic heterocycles. The van der Waals surface area contributed by atoms with Crippen LogP contribution in [-0.4, -0.2) is 37.7 Å². The Labute approximate surface area is 167 Å². The molecule has 0 heterocycles. The molecule has 0 fully saturated rings. The minimum absolute atomic E-state index is 0.0913. The first-order chi connectivity index (χ1) is 13.8. The summed E-state index contributed by atoms with van der Waals surface area (Å²) in [7, 11) is 1.42. The van der Waals surface area contributed by atoms with E-state index in [0.29, 0.717) is 5.75 Å². The van der Waals surface area contributed by atoms with E-state index in [1.54, 1.807) is 54.6 Å². The van der Waals surface area contributed by atoms with Crippen LogP contribution in [0.1, 0.15) is 28.8 Å². The summed E-state index contributed by atoms with van der Waals surface area (Å²) in [5, 5.41) is 4.54. The highest BCUT2D eigenvalue weighted by atomic mass is 19.4.